The van der Waals surface area contributed by atoms with Crippen LogP contribution in [0.2, 0.25) is 0 Å². The van der Waals surface area contributed by atoms with Crippen LogP contribution in [0.15, 0.2) is 54.6 Å². The maximum atomic E-state index is 13.6. The number of nitrogens with one attached hydrogen (secondary N) is 2. The molecule has 1 heterocycles. The highest BCUT2D eigenvalue weighted by atomic mass is 19.1. The second kappa shape index (κ2) is 8.38. The molecule has 1 aliphatic carbocycles. The average molecular weight is 376 g/mol. The summed E-state index contributed by atoms with van der Waals surface area (Å²) in [7, 11) is 0. The Morgan fingerprint density at radius 3 is 2.46 bits per heavy atom. The van der Waals surface area contributed by atoms with Crippen LogP contribution in [0.5, 0.6) is 0 Å². The van der Waals surface area contributed by atoms with Gasteiger partial charge >= 0.3 is 0 Å². The van der Waals surface area contributed by atoms with Crippen LogP contribution in [0.4, 0.5) is 21.8 Å². The van der Waals surface area contributed by atoms with Crippen molar-refractivity contribution < 1.29 is 4.39 Å². The summed E-state index contributed by atoms with van der Waals surface area (Å²) in [5.41, 5.74) is 3.30. The zero-order chi connectivity index (χ0) is 19.3. The SMILES string of the molecule is Cc1cc(Nc2cc(-c3ccccc3)nc(NC3CCCCC3)n2)ccc1F. The van der Waals surface area contributed by atoms with Crippen LogP contribution in [0.25, 0.3) is 11.3 Å². The molecule has 0 saturated heterocycles. The van der Waals surface area contributed by atoms with E-state index in [1.54, 1.807) is 19.1 Å². The van der Waals surface area contributed by atoms with Crippen molar-refractivity contribution in [3.63, 3.8) is 0 Å². The predicted octanol–water partition coefficient (Wildman–Crippen LogP) is 6.08. The van der Waals surface area contributed by atoms with E-state index in [9.17, 15) is 4.39 Å². The summed E-state index contributed by atoms with van der Waals surface area (Å²) >= 11 is 0. The Morgan fingerprint density at radius 2 is 1.71 bits per heavy atom. The Bertz CT molecular complexity index is 937. The number of aryl methyl sites for hydroxylation is 1. The molecule has 0 bridgehead atoms. The van der Waals surface area contributed by atoms with Gasteiger partial charge in [-0.3, -0.25) is 0 Å². The molecule has 144 valence electrons. The first kappa shape index (κ1) is 18.4. The van der Waals surface area contributed by atoms with Crippen LogP contribution in [0, 0.1) is 12.7 Å². The summed E-state index contributed by atoms with van der Waals surface area (Å²) in [6, 6.07) is 17.4. The van der Waals surface area contributed by atoms with E-state index in [1.165, 1.54) is 25.3 Å². The molecule has 2 aromatic carbocycles. The summed E-state index contributed by atoms with van der Waals surface area (Å²) in [6.07, 6.45) is 6.10. The Kier molecular flexibility index (Phi) is 5.51. The van der Waals surface area contributed by atoms with Crippen molar-refractivity contribution in [3.8, 4) is 11.3 Å². The summed E-state index contributed by atoms with van der Waals surface area (Å²) in [5.74, 6) is 1.12. The first-order chi connectivity index (χ1) is 13.7. The van der Waals surface area contributed by atoms with E-state index in [-0.39, 0.29) is 5.82 Å². The number of anilines is 3. The lowest BCUT2D eigenvalue weighted by molar-refractivity contribution is 0.461. The second-order valence-electron chi connectivity index (χ2n) is 7.40. The van der Waals surface area contributed by atoms with E-state index >= 15 is 0 Å². The molecule has 0 aliphatic heterocycles. The van der Waals surface area contributed by atoms with Gasteiger partial charge in [0.05, 0.1) is 5.69 Å². The van der Waals surface area contributed by atoms with Crippen molar-refractivity contribution in [1.82, 2.24) is 9.97 Å². The van der Waals surface area contributed by atoms with Crippen LogP contribution in [0.3, 0.4) is 0 Å². The smallest absolute Gasteiger partial charge is 0.225 e. The molecule has 3 aromatic rings. The maximum Gasteiger partial charge on any atom is 0.225 e. The number of benzene rings is 2. The van der Waals surface area contributed by atoms with Gasteiger partial charge in [-0.2, -0.15) is 4.98 Å². The van der Waals surface area contributed by atoms with Crippen LogP contribution < -0.4 is 10.6 Å². The van der Waals surface area contributed by atoms with Gasteiger partial charge in [0.25, 0.3) is 0 Å². The standard InChI is InChI=1S/C23H25FN4/c1-16-14-19(12-13-20(16)24)25-22-15-21(17-8-4-2-5-9-17)27-23(28-22)26-18-10-6-3-7-11-18/h2,4-5,8-9,12-15,18H,3,6-7,10-11H2,1H3,(H2,25,26,27,28). The van der Waals surface area contributed by atoms with Crippen molar-refractivity contribution in [2.75, 3.05) is 10.6 Å². The highest BCUT2D eigenvalue weighted by molar-refractivity contribution is 5.67. The molecule has 28 heavy (non-hydrogen) atoms. The lowest BCUT2D eigenvalue weighted by atomic mass is 9.96. The normalized spacial score (nSPS) is 14.6. The van der Waals surface area contributed by atoms with Crippen molar-refractivity contribution in [3.05, 3.63) is 66.0 Å². The summed E-state index contributed by atoms with van der Waals surface area (Å²) in [5, 5.41) is 6.82. The molecule has 0 spiro atoms. The van der Waals surface area contributed by atoms with Gasteiger partial charge in [0, 0.05) is 23.4 Å². The minimum Gasteiger partial charge on any atom is -0.351 e. The fourth-order valence-electron chi connectivity index (χ4n) is 3.63. The van der Waals surface area contributed by atoms with Crippen molar-refractivity contribution in [2.24, 2.45) is 0 Å². The lowest BCUT2D eigenvalue weighted by Gasteiger charge is -2.23. The van der Waals surface area contributed by atoms with E-state index in [2.05, 4.69) is 15.6 Å². The lowest BCUT2D eigenvalue weighted by Crippen LogP contribution is -2.23. The zero-order valence-electron chi connectivity index (χ0n) is 16.1. The highest BCUT2D eigenvalue weighted by Crippen LogP contribution is 2.26. The number of hydrogen-bond donors (Lipinski definition) is 2. The highest BCUT2D eigenvalue weighted by Gasteiger charge is 2.15. The van der Waals surface area contributed by atoms with Gasteiger partial charge in [-0.05, 0) is 43.5 Å². The molecule has 0 radical (unpaired) electrons. The van der Waals surface area contributed by atoms with E-state index in [1.807, 2.05) is 36.4 Å². The van der Waals surface area contributed by atoms with Gasteiger partial charge in [-0.25, -0.2) is 9.37 Å². The van der Waals surface area contributed by atoms with E-state index in [0.29, 0.717) is 23.4 Å². The quantitative estimate of drug-likeness (QED) is 0.567. The zero-order valence-corrected chi connectivity index (χ0v) is 16.1. The van der Waals surface area contributed by atoms with Gasteiger partial charge in [0.1, 0.15) is 11.6 Å². The summed E-state index contributed by atoms with van der Waals surface area (Å²) in [4.78, 5) is 9.42. The van der Waals surface area contributed by atoms with Crippen LogP contribution in [-0.2, 0) is 0 Å². The third kappa shape index (κ3) is 4.47. The van der Waals surface area contributed by atoms with Gasteiger partial charge in [0.2, 0.25) is 5.95 Å². The van der Waals surface area contributed by atoms with Gasteiger partial charge in [-0.1, -0.05) is 49.6 Å². The number of aromatic nitrogens is 2. The Balaban J connectivity index is 1.65. The second-order valence-corrected chi connectivity index (χ2v) is 7.40. The first-order valence-electron chi connectivity index (χ1n) is 9.91. The molecule has 0 atom stereocenters. The molecule has 1 saturated carbocycles. The van der Waals surface area contributed by atoms with E-state index in [4.69, 9.17) is 4.98 Å². The average Bonchev–Trinajstić information content (AvgIpc) is 2.72. The van der Waals surface area contributed by atoms with Crippen molar-refractivity contribution in [2.45, 2.75) is 45.1 Å². The number of hydrogen-bond acceptors (Lipinski definition) is 4. The van der Waals surface area contributed by atoms with Crippen LogP contribution in [-0.4, -0.2) is 16.0 Å². The molecule has 1 aromatic heterocycles. The van der Waals surface area contributed by atoms with E-state index < -0.39 is 0 Å². The molecule has 4 nitrogen and oxygen atoms in total. The first-order valence-corrected chi connectivity index (χ1v) is 9.91. The summed E-state index contributed by atoms with van der Waals surface area (Å²) in [6.45, 7) is 1.76. The molecule has 1 fully saturated rings. The minimum absolute atomic E-state index is 0.210. The monoisotopic (exact) mass is 376 g/mol. The van der Waals surface area contributed by atoms with Gasteiger partial charge in [0.15, 0.2) is 0 Å². The van der Waals surface area contributed by atoms with Crippen molar-refractivity contribution in [1.29, 1.82) is 0 Å². The Morgan fingerprint density at radius 1 is 0.929 bits per heavy atom. The molecule has 0 unspecified atom stereocenters. The van der Waals surface area contributed by atoms with Crippen molar-refractivity contribution >= 4 is 17.5 Å². The number of halogens is 1. The maximum absolute atomic E-state index is 13.6. The Labute approximate surface area is 165 Å². The molecule has 1 aliphatic rings. The van der Waals surface area contributed by atoms with Gasteiger partial charge in [-0.15, -0.1) is 0 Å². The summed E-state index contributed by atoms with van der Waals surface area (Å²) < 4.78 is 13.6. The Hall–Kier alpha value is -2.95. The molecule has 4 rings (SSSR count). The fourth-order valence-corrected chi connectivity index (χ4v) is 3.63. The predicted molar refractivity (Wildman–Crippen MR) is 112 cm³/mol. The molecular formula is C23H25FN4. The number of rotatable bonds is 5. The molecule has 5 heteroatoms. The topological polar surface area (TPSA) is 49.8 Å². The molecular weight excluding hydrogens is 351 g/mol. The largest absolute Gasteiger partial charge is 0.351 e. The van der Waals surface area contributed by atoms with E-state index in [0.717, 1.165) is 29.8 Å². The number of nitrogens with zero attached hydrogens (tertiary/aromatic N) is 2. The molecule has 2 N–H and O–H groups in total. The van der Waals surface area contributed by atoms with Crippen LogP contribution >= 0.6 is 0 Å². The third-order valence-corrected chi connectivity index (χ3v) is 5.16. The minimum atomic E-state index is -0.210. The fraction of sp³-hybridized carbons (Fsp3) is 0.304. The third-order valence-electron chi connectivity index (χ3n) is 5.16. The molecule has 0 amide bonds. The van der Waals surface area contributed by atoms with Crippen LogP contribution in [0.1, 0.15) is 37.7 Å². The van der Waals surface area contributed by atoms with Gasteiger partial charge < -0.3 is 10.6 Å².